The van der Waals surface area contributed by atoms with Crippen LogP contribution < -0.4 is 9.64 Å². The molecule has 0 radical (unpaired) electrons. The maximum Gasteiger partial charge on any atom is 0.184 e. The number of thiocarbonyl (C=S) groups is 1. The number of rotatable bonds is 5. The number of benzene rings is 2. The van der Waals surface area contributed by atoms with Crippen LogP contribution in [0.25, 0.3) is 0 Å². The minimum absolute atomic E-state index is 0.475. The van der Waals surface area contributed by atoms with Gasteiger partial charge in [0.15, 0.2) is 4.47 Å². The van der Waals surface area contributed by atoms with E-state index in [9.17, 15) is 0 Å². The SMILES string of the molecule is COc1ccc(CN(C(=S)c2cnc(Cl)s2)c2c(C)cccc2S)cc1. The Morgan fingerprint density at radius 1 is 1.27 bits per heavy atom. The standard InChI is InChI=1S/C19H17ClN2OS3/c1-12-4-3-5-15(24)17(12)22(18(25)16-10-21-19(20)26-16)11-13-6-8-14(23-2)9-7-13/h3-10,24H,11H2,1-2H3. The average molecular weight is 421 g/mol. The van der Waals surface area contributed by atoms with Crippen molar-refractivity contribution in [3.05, 3.63) is 69.1 Å². The molecule has 0 unspecified atom stereocenters. The molecule has 0 N–H and O–H groups in total. The summed E-state index contributed by atoms with van der Waals surface area (Å²) in [5.74, 6) is 0.822. The predicted octanol–water partition coefficient (Wildman–Crippen LogP) is 5.78. The predicted molar refractivity (Wildman–Crippen MR) is 116 cm³/mol. The molecular weight excluding hydrogens is 404 g/mol. The van der Waals surface area contributed by atoms with E-state index in [-0.39, 0.29) is 0 Å². The van der Waals surface area contributed by atoms with Crippen LogP contribution in [-0.2, 0) is 6.54 Å². The molecule has 0 bridgehead atoms. The lowest BCUT2D eigenvalue weighted by Crippen LogP contribution is -2.30. The largest absolute Gasteiger partial charge is 0.497 e. The topological polar surface area (TPSA) is 25.4 Å². The van der Waals surface area contributed by atoms with E-state index in [1.807, 2.05) is 36.4 Å². The summed E-state index contributed by atoms with van der Waals surface area (Å²) >= 11 is 17.8. The van der Waals surface area contributed by atoms with Crippen LogP contribution >= 0.6 is 47.8 Å². The van der Waals surface area contributed by atoms with Crippen molar-refractivity contribution in [2.75, 3.05) is 12.0 Å². The highest BCUT2D eigenvalue weighted by atomic mass is 35.5. The Morgan fingerprint density at radius 3 is 2.58 bits per heavy atom. The molecule has 0 amide bonds. The fourth-order valence-corrected chi connectivity index (χ4v) is 4.25. The van der Waals surface area contributed by atoms with Gasteiger partial charge >= 0.3 is 0 Å². The fourth-order valence-electron chi connectivity index (χ4n) is 2.65. The van der Waals surface area contributed by atoms with Crippen molar-refractivity contribution in [3.63, 3.8) is 0 Å². The lowest BCUT2D eigenvalue weighted by atomic mass is 10.1. The second kappa shape index (κ2) is 8.39. The van der Waals surface area contributed by atoms with Gasteiger partial charge in [0.05, 0.1) is 17.7 Å². The molecule has 0 aliphatic heterocycles. The Hall–Kier alpha value is -1.60. The molecule has 0 fully saturated rings. The molecule has 7 heteroatoms. The zero-order valence-electron chi connectivity index (χ0n) is 14.3. The van der Waals surface area contributed by atoms with Crippen molar-refractivity contribution in [1.82, 2.24) is 4.98 Å². The number of para-hydroxylation sites is 1. The van der Waals surface area contributed by atoms with Gasteiger partial charge in [0, 0.05) is 17.6 Å². The monoisotopic (exact) mass is 420 g/mol. The number of halogens is 1. The highest BCUT2D eigenvalue weighted by Crippen LogP contribution is 2.32. The molecule has 0 aliphatic carbocycles. The van der Waals surface area contributed by atoms with E-state index in [0.29, 0.717) is 16.0 Å². The molecule has 0 aliphatic rings. The summed E-state index contributed by atoms with van der Waals surface area (Å²) < 4.78 is 5.72. The maximum absolute atomic E-state index is 6.01. The molecule has 0 saturated heterocycles. The lowest BCUT2D eigenvalue weighted by molar-refractivity contribution is 0.414. The number of hydrogen-bond donors (Lipinski definition) is 1. The molecule has 1 heterocycles. The summed E-state index contributed by atoms with van der Waals surface area (Å²) in [5, 5.41) is 0. The Kier molecular flexibility index (Phi) is 6.19. The number of aryl methyl sites for hydroxylation is 1. The van der Waals surface area contributed by atoms with Gasteiger partial charge in [-0.3, -0.25) is 0 Å². The first-order valence-corrected chi connectivity index (χ1v) is 9.89. The molecule has 3 nitrogen and oxygen atoms in total. The van der Waals surface area contributed by atoms with Crippen molar-refractivity contribution in [3.8, 4) is 5.75 Å². The van der Waals surface area contributed by atoms with E-state index in [4.69, 9.17) is 28.6 Å². The smallest absolute Gasteiger partial charge is 0.184 e. The highest BCUT2D eigenvalue weighted by Gasteiger charge is 2.20. The molecule has 3 rings (SSSR count). The zero-order valence-corrected chi connectivity index (χ0v) is 17.6. The number of thiazole rings is 1. The first-order valence-electron chi connectivity index (χ1n) is 7.84. The molecule has 1 aromatic heterocycles. The van der Waals surface area contributed by atoms with Gasteiger partial charge in [-0.2, -0.15) is 0 Å². The number of aromatic nitrogens is 1. The van der Waals surface area contributed by atoms with Crippen LogP contribution in [0.4, 0.5) is 5.69 Å². The van der Waals surface area contributed by atoms with E-state index in [1.165, 1.54) is 11.3 Å². The van der Waals surface area contributed by atoms with Crippen molar-refractivity contribution in [2.24, 2.45) is 0 Å². The fraction of sp³-hybridized carbons (Fsp3) is 0.158. The summed E-state index contributed by atoms with van der Waals surface area (Å²) in [4.78, 5) is 8.61. The van der Waals surface area contributed by atoms with Gasteiger partial charge in [0.2, 0.25) is 0 Å². The molecule has 134 valence electrons. The van der Waals surface area contributed by atoms with Crippen LogP contribution in [0.1, 0.15) is 16.0 Å². The van der Waals surface area contributed by atoms with Gasteiger partial charge in [0.25, 0.3) is 0 Å². The Bertz CT molecular complexity index is 905. The molecule has 0 saturated carbocycles. The zero-order chi connectivity index (χ0) is 18.7. The summed E-state index contributed by atoms with van der Waals surface area (Å²) in [5.41, 5.74) is 3.20. The van der Waals surface area contributed by atoms with Gasteiger partial charge in [-0.15, -0.1) is 12.6 Å². The Morgan fingerprint density at radius 2 is 2.00 bits per heavy atom. The van der Waals surface area contributed by atoms with Gasteiger partial charge in [-0.25, -0.2) is 4.98 Å². The minimum atomic E-state index is 0.475. The third-order valence-electron chi connectivity index (χ3n) is 3.92. The van der Waals surface area contributed by atoms with Crippen molar-refractivity contribution < 1.29 is 4.74 Å². The van der Waals surface area contributed by atoms with Crippen molar-refractivity contribution >= 4 is 58.5 Å². The number of nitrogens with zero attached hydrogens (tertiary/aromatic N) is 2. The molecule has 26 heavy (non-hydrogen) atoms. The first-order chi connectivity index (χ1) is 12.5. The van der Waals surface area contributed by atoms with Crippen LogP contribution in [-0.4, -0.2) is 17.1 Å². The van der Waals surface area contributed by atoms with Crippen LogP contribution in [0.3, 0.4) is 0 Å². The van der Waals surface area contributed by atoms with Crippen LogP contribution in [0.2, 0.25) is 4.47 Å². The van der Waals surface area contributed by atoms with E-state index in [0.717, 1.165) is 32.3 Å². The normalized spacial score (nSPS) is 10.6. The minimum Gasteiger partial charge on any atom is -0.497 e. The van der Waals surface area contributed by atoms with Crippen molar-refractivity contribution in [1.29, 1.82) is 0 Å². The number of methoxy groups -OCH3 is 1. The second-order valence-corrected chi connectivity index (χ2v) is 8.14. The van der Waals surface area contributed by atoms with E-state index in [2.05, 4.69) is 35.5 Å². The maximum atomic E-state index is 6.01. The lowest BCUT2D eigenvalue weighted by Gasteiger charge is -2.28. The molecule has 3 aromatic rings. The van der Waals surface area contributed by atoms with Gasteiger partial charge in [-0.05, 0) is 36.2 Å². The van der Waals surface area contributed by atoms with Crippen LogP contribution in [0.5, 0.6) is 5.75 Å². The van der Waals surface area contributed by atoms with Crippen molar-refractivity contribution in [2.45, 2.75) is 18.4 Å². The molecule has 2 aromatic carbocycles. The molecular formula is C19H17ClN2OS3. The molecule has 0 atom stereocenters. The third kappa shape index (κ3) is 4.20. The van der Waals surface area contributed by atoms with E-state index < -0.39 is 0 Å². The molecule has 0 spiro atoms. The second-order valence-electron chi connectivity index (χ2n) is 5.66. The third-order valence-corrected chi connectivity index (χ3v) is 5.97. The first kappa shape index (κ1) is 19.2. The number of anilines is 1. The average Bonchev–Trinajstić information content (AvgIpc) is 3.07. The summed E-state index contributed by atoms with van der Waals surface area (Å²) in [7, 11) is 1.66. The number of thiol groups is 1. The van der Waals surface area contributed by atoms with Gasteiger partial charge in [0.1, 0.15) is 10.7 Å². The van der Waals surface area contributed by atoms with E-state index in [1.54, 1.807) is 13.3 Å². The van der Waals surface area contributed by atoms with E-state index >= 15 is 0 Å². The van der Waals surface area contributed by atoms with Crippen LogP contribution in [0, 0.1) is 6.92 Å². The van der Waals surface area contributed by atoms with Crippen LogP contribution in [0.15, 0.2) is 53.6 Å². The summed E-state index contributed by atoms with van der Waals surface area (Å²) in [6, 6.07) is 14.0. The summed E-state index contributed by atoms with van der Waals surface area (Å²) in [6.07, 6.45) is 1.72. The van der Waals surface area contributed by atoms with Gasteiger partial charge in [-0.1, -0.05) is 59.4 Å². The summed E-state index contributed by atoms with van der Waals surface area (Å²) in [6.45, 7) is 2.66. The highest BCUT2D eigenvalue weighted by molar-refractivity contribution is 7.81. The number of ether oxygens (including phenoxy) is 1. The Balaban J connectivity index is 2.02. The van der Waals surface area contributed by atoms with Gasteiger partial charge < -0.3 is 9.64 Å². The quantitative estimate of drug-likeness (QED) is 0.417. The Labute approximate surface area is 173 Å². The number of hydrogen-bond acceptors (Lipinski definition) is 5.